The minimum Gasteiger partial charge on any atom is -0.465 e. The van der Waals surface area contributed by atoms with E-state index < -0.39 is 24.0 Å². The maximum absolute atomic E-state index is 14.6. The van der Waals surface area contributed by atoms with Crippen LogP contribution in [0.1, 0.15) is 25.8 Å². The second-order valence-corrected chi connectivity index (χ2v) is 6.75. The molecule has 0 aliphatic heterocycles. The number of halogens is 1. The summed E-state index contributed by atoms with van der Waals surface area (Å²) in [7, 11) is 0. The normalized spacial score (nSPS) is 12.5. The summed E-state index contributed by atoms with van der Waals surface area (Å²) < 4.78 is 16.1. The highest BCUT2D eigenvalue weighted by atomic mass is 19.1. The number of anilines is 3. The molecule has 0 unspecified atom stereocenters. The van der Waals surface area contributed by atoms with Crippen molar-refractivity contribution >= 4 is 23.4 Å². The third kappa shape index (κ3) is 5.24. The number of aromatic nitrogens is 4. The zero-order valence-electron chi connectivity index (χ0n) is 16.9. The Bertz CT molecular complexity index is 1100. The zero-order valence-corrected chi connectivity index (χ0v) is 16.9. The van der Waals surface area contributed by atoms with E-state index in [-0.39, 0.29) is 17.2 Å². The van der Waals surface area contributed by atoms with Crippen LogP contribution in [-0.4, -0.2) is 43.3 Å². The van der Waals surface area contributed by atoms with Gasteiger partial charge < -0.3 is 21.1 Å². The van der Waals surface area contributed by atoms with E-state index in [0.717, 1.165) is 11.8 Å². The molecular weight excluding hydrogens is 403 g/mol. The average Bonchev–Trinajstić information content (AvgIpc) is 3.28. The number of benzene rings is 1. The van der Waals surface area contributed by atoms with Crippen molar-refractivity contribution in [1.29, 1.82) is 5.26 Å². The van der Waals surface area contributed by atoms with Gasteiger partial charge in [0.15, 0.2) is 17.5 Å². The van der Waals surface area contributed by atoms with E-state index in [4.69, 9.17) is 5.11 Å². The highest BCUT2D eigenvalue weighted by Crippen LogP contribution is 2.25. The summed E-state index contributed by atoms with van der Waals surface area (Å²) >= 11 is 0. The highest BCUT2D eigenvalue weighted by molar-refractivity contribution is 5.67. The van der Waals surface area contributed by atoms with Crippen LogP contribution in [0.4, 0.5) is 26.5 Å². The molecule has 0 saturated carbocycles. The van der Waals surface area contributed by atoms with Crippen molar-refractivity contribution in [3.63, 3.8) is 0 Å². The molecule has 2 atom stereocenters. The number of nitrogens with zero attached hydrogens (tertiary/aromatic N) is 5. The van der Waals surface area contributed by atoms with Crippen molar-refractivity contribution in [2.24, 2.45) is 0 Å². The summed E-state index contributed by atoms with van der Waals surface area (Å²) in [5.74, 6) is -0.630. The molecule has 3 rings (SSSR count). The maximum Gasteiger partial charge on any atom is 0.404 e. The van der Waals surface area contributed by atoms with Crippen molar-refractivity contribution in [1.82, 2.24) is 25.3 Å². The highest BCUT2D eigenvalue weighted by Gasteiger charge is 2.20. The van der Waals surface area contributed by atoms with Gasteiger partial charge in [-0.15, -0.1) is 5.10 Å². The molecule has 0 aliphatic rings. The quantitative estimate of drug-likeness (QED) is 0.432. The number of hydrogen-bond donors (Lipinski definition) is 4. The maximum atomic E-state index is 14.6. The van der Waals surface area contributed by atoms with Gasteiger partial charge in [-0.3, -0.25) is 0 Å². The predicted octanol–water partition coefficient (Wildman–Crippen LogP) is 3.26. The van der Waals surface area contributed by atoms with Crippen LogP contribution in [0.2, 0.25) is 0 Å². The van der Waals surface area contributed by atoms with Gasteiger partial charge in [-0.1, -0.05) is 18.2 Å². The number of amides is 1. The molecule has 1 aromatic carbocycles. The van der Waals surface area contributed by atoms with E-state index in [1.807, 2.05) is 19.1 Å². The fraction of sp³-hybridized carbons (Fsp3) is 0.250. The summed E-state index contributed by atoms with van der Waals surface area (Å²) in [6, 6.07) is 9.29. The minimum atomic E-state index is -1.17. The van der Waals surface area contributed by atoms with Gasteiger partial charge in [0, 0.05) is 17.8 Å². The van der Waals surface area contributed by atoms with E-state index in [0.29, 0.717) is 12.1 Å². The number of pyridine rings is 1. The number of carboxylic acid groups (broad SMARTS) is 1. The van der Waals surface area contributed by atoms with E-state index >= 15 is 0 Å². The molecule has 0 fully saturated rings. The Kier molecular flexibility index (Phi) is 6.61. The van der Waals surface area contributed by atoms with Crippen LogP contribution >= 0.6 is 0 Å². The van der Waals surface area contributed by atoms with Crippen molar-refractivity contribution in [3.8, 4) is 11.8 Å². The Balaban J connectivity index is 1.88. The lowest BCUT2D eigenvalue weighted by Gasteiger charge is -2.25. The molecule has 1 amide bonds. The lowest BCUT2D eigenvalue weighted by Crippen LogP contribution is -2.44. The number of nitriles is 1. The first kappa shape index (κ1) is 21.5. The van der Waals surface area contributed by atoms with Gasteiger partial charge >= 0.3 is 6.09 Å². The fourth-order valence-electron chi connectivity index (χ4n) is 3.03. The van der Waals surface area contributed by atoms with Gasteiger partial charge in [-0.25, -0.2) is 18.9 Å². The largest absolute Gasteiger partial charge is 0.465 e. The van der Waals surface area contributed by atoms with Crippen LogP contribution in [0.25, 0.3) is 5.69 Å². The Morgan fingerprint density at radius 3 is 2.81 bits per heavy atom. The Hall–Kier alpha value is -4.20. The van der Waals surface area contributed by atoms with Crippen LogP contribution in [-0.2, 0) is 0 Å². The molecule has 10 nitrogen and oxygen atoms in total. The third-order valence-electron chi connectivity index (χ3n) is 4.61. The second kappa shape index (κ2) is 9.53. The first-order valence-corrected chi connectivity index (χ1v) is 9.51. The summed E-state index contributed by atoms with van der Waals surface area (Å²) in [6.45, 7) is 3.51. The van der Waals surface area contributed by atoms with Crippen LogP contribution in [0.5, 0.6) is 0 Å². The van der Waals surface area contributed by atoms with Gasteiger partial charge in [0.1, 0.15) is 6.07 Å². The van der Waals surface area contributed by atoms with E-state index in [9.17, 15) is 14.4 Å². The molecule has 0 aliphatic carbocycles. The van der Waals surface area contributed by atoms with Crippen molar-refractivity contribution in [3.05, 3.63) is 54.1 Å². The number of rotatable bonds is 8. The number of nitrogens with one attached hydrogen (secondary N) is 3. The third-order valence-corrected chi connectivity index (χ3v) is 4.61. The molecule has 0 saturated heterocycles. The number of hydrogen-bond acceptors (Lipinski definition) is 7. The van der Waals surface area contributed by atoms with E-state index in [2.05, 4.69) is 31.2 Å². The molecular formula is C20H21FN8O2. The predicted molar refractivity (Wildman–Crippen MR) is 112 cm³/mol. The van der Waals surface area contributed by atoms with Gasteiger partial charge in [-0.05, 0) is 37.6 Å². The first-order chi connectivity index (χ1) is 14.9. The second-order valence-electron chi connectivity index (χ2n) is 6.75. The summed E-state index contributed by atoms with van der Waals surface area (Å²) in [4.78, 5) is 15.2. The van der Waals surface area contributed by atoms with Crippen molar-refractivity contribution < 1.29 is 14.3 Å². The molecule has 0 radical (unpaired) electrons. The monoisotopic (exact) mass is 424 g/mol. The molecule has 160 valence electrons. The summed E-state index contributed by atoms with van der Waals surface area (Å²) in [5.41, 5.74) is 1.38. The standard InChI is InChI=1S/C20H21FN8O2/c1-3-17(12(2)24-20(30)31)26-19-16(21)9-13(11-22)18(27-19)25-14-5-4-6-15(10-14)29-8-7-23-28-29/h4-10,12,17,24H,3H2,1-2H3,(H,30,31)(H2,25,26,27)/t12-,17+/m0/s1. The van der Waals surface area contributed by atoms with Crippen molar-refractivity contribution in [2.75, 3.05) is 10.6 Å². The molecule has 3 aromatic rings. The van der Waals surface area contributed by atoms with Crippen LogP contribution in [0.3, 0.4) is 0 Å². The molecule has 4 N–H and O–H groups in total. The lowest BCUT2D eigenvalue weighted by atomic mass is 10.1. The molecule has 2 aromatic heterocycles. The number of carbonyl (C=O) groups is 1. The fourth-order valence-corrected chi connectivity index (χ4v) is 3.03. The first-order valence-electron chi connectivity index (χ1n) is 9.51. The van der Waals surface area contributed by atoms with Gasteiger partial charge in [0.25, 0.3) is 0 Å². The zero-order chi connectivity index (χ0) is 22.4. The molecule has 0 spiro atoms. The molecule has 2 heterocycles. The summed E-state index contributed by atoms with van der Waals surface area (Å²) in [5, 5.41) is 34.4. The molecule has 0 bridgehead atoms. The minimum absolute atomic E-state index is 0.0268. The molecule has 31 heavy (non-hydrogen) atoms. The van der Waals surface area contributed by atoms with Crippen LogP contribution in [0, 0.1) is 17.1 Å². The topological polar surface area (TPSA) is 141 Å². The SMILES string of the molecule is CC[C@@H](Nc1nc(Nc2cccc(-n3ccnn3)c2)c(C#N)cc1F)[C@H](C)NC(=O)O. The van der Waals surface area contributed by atoms with Crippen LogP contribution < -0.4 is 16.0 Å². The van der Waals surface area contributed by atoms with E-state index in [1.165, 1.54) is 0 Å². The summed E-state index contributed by atoms with van der Waals surface area (Å²) in [6.07, 6.45) is 2.59. The van der Waals surface area contributed by atoms with Crippen molar-refractivity contribution in [2.45, 2.75) is 32.4 Å². The smallest absolute Gasteiger partial charge is 0.404 e. The van der Waals surface area contributed by atoms with Gasteiger partial charge in [0.05, 0.1) is 23.6 Å². The van der Waals surface area contributed by atoms with E-state index in [1.54, 1.807) is 42.2 Å². The Morgan fingerprint density at radius 1 is 1.35 bits per heavy atom. The van der Waals surface area contributed by atoms with Gasteiger partial charge in [0.2, 0.25) is 0 Å². The lowest BCUT2D eigenvalue weighted by molar-refractivity contribution is 0.189. The molecule has 11 heteroatoms. The van der Waals surface area contributed by atoms with Gasteiger partial charge in [-0.2, -0.15) is 5.26 Å². The Labute approximate surface area is 177 Å². The van der Waals surface area contributed by atoms with Crippen LogP contribution in [0.15, 0.2) is 42.7 Å². The average molecular weight is 424 g/mol. The Morgan fingerprint density at radius 2 is 2.16 bits per heavy atom.